The number of nitrogens with one attached hydrogen (secondary N) is 2. The van der Waals surface area contributed by atoms with Crippen LogP contribution >= 0.6 is 0 Å². The molecule has 1 aliphatic heterocycles. The van der Waals surface area contributed by atoms with Crippen molar-refractivity contribution in [2.75, 3.05) is 27.3 Å². The molecule has 0 bridgehead atoms. The second kappa shape index (κ2) is 9.60. The van der Waals surface area contributed by atoms with Crippen molar-refractivity contribution in [3.8, 4) is 11.5 Å². The summed E-state index contributed by atoms with van der Waals surface area (Å²) in [5.74, 6) is 1.45. The van der Waals surface area contributed by atoms with E-state index in [1.807, 2.05) is 20.8 Å². The number of nitrogens with zero attached hydrogens (tertiary/aromatic N) is 1. The first-order valence-electron chi connectivity index (χ1n) is 10.8. The van der Waals surface area contributed by atoms with Crippen LogP contribution in [-0.4, -0.2) is 43.8 Å². The first-order chi connectivity index (χ1) is 14.7. The smallest absolute Gasteiger partial charge is 0.315 e. The topological polar surface area (TPSA) is 62.8 Å². The fraction of sp³-hybridized carbons (Fsp3) is 0.480. The first-order valence-corrected chi connectivity index (χ1v) is 10.8. The molecule has 0 saturated heterocycles. The molecule has 0 fully saturated rings. The molecule has 168 valence electrons. The second-order valence-electron chi connectivity index (χ2n) is 9.15. The molecular weight excluding hydrogens is 390 g/mol. The maximum atomic E-state index is 12.5. The van der Waals surface area contributed by atoms with E-state index < -0.39 is 0 Å². The average Bonchev–Trinajstić information content (AvgIpc) is 2.72. The van der Waals surface area contributed by atoms with Crippen LogP contribution in [-0.2, 0) is 13.0 Å². The molecule has 1 heterocycles. The largest absolute Gasteiger partial charge is 0.493 e. The highest BCUT2D eigenvalue weighted by atomic mass is 16.5. The minimum absolute atomic E-state index is 0.0360. The third-order valence-electron chi connectivity index (χ3n) is 5.69. The molecule has 6 heteroatoms. The highest BCUT2D eigenvalue weighted by molar-refractivity contribution is 5.74. The lowest BCUT2D eigenvalue weighted by molar-refractivity contribution is 0.169. The lowest BCUT2D eigenvalue weighted by Gasteiger charge is -2.38. The van der Waals surface area contributed by atoms with Crippen LogP contribution in [0.1, 0.15) is 49.1 Å². The zero-order chi connectivity index (χ0) is 22.6. The Kier molecular flexibility index (Phi) is 7.11. The predicted molar refractivity (Wildman–Crippen MR) is 124 cm³/mol. The second-order valence-corrected chi connectivity index (χ2v) is 9.15. The summed E-state index contributed by atoms with van der Waals surface area (Å²) in [5, 5.41) is 6.07. The number of amides is 2. The number of rotatable bonds is 6. The molecule has 0 spiro atoms. The standard InChI is InChI=1S/C25H35N3O3/c1-17-9-7-8-10-19(17)16-28-12-11-18-13-22(30-5)23(31-6)14-20(18)21(28)15-26-24(29)27-25(2,3)4/h7-10,13-14,21H,11-12,15-16H2,1-6H3,(H2,26,27,29). The normalized spacial score (nSPS) is 16.4. The minimum Gasteiger partial charge on any atom is -0.493 e. The molecule has 1 aliphatic rings. The van der Waals surface area contributed by atoms with Crippen molar-refractivity contribution in [2.24, 2.45) is 0 Å². The molecule has 2 N–H and O–H groups in total. The summed E-state index contributed by atoms with van der Waals surface area (Å²) in [6, 6.07) is 12.5. The maximum Gasteiger partial charge on any atom is 0.315 e. The molecule has 0 radical (unpaired) electrons. The van der Waals surface area contributed by atoms with Gasteiger partial charge in [0.25, 0.3) is 0 Å². The van der Waals surface area contributed by atoms with Crippen molar-refractivity contribution in [3.05, 3.63) is 58.7 Å². The number of benzene rings is 2. The molecule has 31 heavy (non-hydrogen) atoms. The number of ether oxygens (including phenoxy) is 2. The van der Waals surface area contributed by atoms with Crippen molar-refractivity contribution < 1.29 is 14.3 Å². The highest BCUT2D eigenvalue weighted by Gasteiger charge is 2.30. The molecule has 0 saturated carbocycles. The van der Waals surface area contributed by atoms with Gasteiger partial charge in [0.1, 0.15) is 0 Å². The predicted octanol–water partition coefficient (Wildman–Crippen LogP) is 4.21. The number of urea groups is 1. The van der Waals surface area contributed by atoms with Gasteiger partial charge in [0.2, 0.25) is 0 Å². The van der Waals surface area contributed by atoms with Crippen molar-refractivity contribution in [1.29, 1.82) is 0 Å². The van der Waals surface area contributed by atoms with Crippen LogP contribution in [0.5, 0.6) is 11.5 Å². The van der Waals surface area contributed by atoms with Gasteiger partial charge in [-0.3, -0.25) is 4.90 Å². The molecule has 2 aromatic rings. The van der Waals surface area contributed by atoms with E-state index in [4.69, 9.17) is 9.47 Å². The van der Waals surface area contributed by atoms with Gasteiger partial charge in [0, 0.05) is 25.2 Å². The summed E-state index contributed by atoms with van der Waals surface area (Å²) in [4.78, 5) is 14.9. The quantitative estimate of drug-likeness (QED) is 0.728. The van der Waals surface area contributed by atoms with E-state index >= 15 is 0 Å². The van der Waals surface area contributed by atoms with Crippen LogP contribution in [0.3, 0.4) is 0 Å². The van der Waals surface area contributed by atoms with Gasteiger partial charge < -0.3 is 20.1 Å². The van der Waals surface area contributed by atoms with Gasteiger partial charge >= 0.3 is 6.03 Å². The number of methoxy groups -OCH3 is 2. The Morgan fingerprint density at radius 3 is 2.45 bits per heavy atom. The maximum absolute atomic E-state index is 12.5. The van der Waals surface area contributed by atoms with Gasteiger partial charge in [-0.1, -0.05) is 24.3 Å². The average molecular weight is 426 g/mol. The molecule has 1 unspecified atom stereocenters. The number of hydrogen-bond acceptors (Lipinski definition) is 4. The summed E-state index contributed by atoms with van der Waals surface area (Å²) in [6.45, 7) is 10.3. The zero-order valence-corrected chi connectivity index (χ0v) is 19.5. The van der Waals surface area contributed by atoms with Crippen LogP contribution in [0.15, 0.2) is 36.4 Å². The molecule has 1 atom stereocenters. The van der Waals surface area contributed by atoms with E-state index in [0.29, 0.717) is 12.3 Å². The SMILES string of the molecule is COc1cc2c(cc1OC)C(CNC(=O)NC(C)(C)C)N(Cc1ccccc1C)CC2. The number of carbonyl (C=O) groups excluding carboxylic acids is 1. The van der Waals surface area contributed by atoms with Gasteiger partial charge in [-0.2, -0.15) is 0 Å². The van der Waals surface area contributed by atoms with E-state index in [-0.39, 0.29) is 17.6 Å². The fourth-order valence-corrected chi connectivity index (χ4v) is 4.09. The Bertz CT molecular complexity index is 921. The summed E-state index contributed by atoms with van der Waals surface area (Å²) in [7, 11) is 3.32. The van der Waals surface area contributed by atoms with Crippen molar-refractivity contribution in [1.82, 2.24) is 15.5 Å². The van der Waals surface area contributed by atoms with Crippen LogP contribution < -0.4 is 20.1 Å². The summed E-state index contributed by atoms with van der Waals surface area (Å²) < 4.78 is 11.1. The monoisotopic (exact) mass is 425 g/mol. The van der Waals surface area contributed by atoms with Gasteiger partial charge in [-0.15, -0.1) is 0 Å². The lowest BCUT2D eigenvalue weighted by Crippen LogP contribution is -2.49. The van der Waals surface area contributed by atoms with Gasteiger partial charge in [0.15, 0.2) is 11.5 Å². The van der Waals surface area contributed by atoms with E-state index in [1.54, 1.807) is 14.2 Å². The highest BCUT2D eigenvalue weighted by Crippen LogP contribution is 2.38. The molecule has 6 nitrogen and oxygen atoms in total. The van der Waals surface area contributed by atoms with Crippen molar-refractivity contribution >= 4 is 6.03 Å². The number of fused-ring (bicyclic) bond motifs is 1. The van der Waals surface area contributed by atoms with E-state index in [2.05, 4.69) is 58.9 Å². The van der Waals surface area contributed by atoms with Crippen molar-refractivity contribution in [2.45, 2.75) is 52.2 Å². The van der Waals surface area contributed by atoms with Crippen LogP contribution in [0, 0.1) is 6.92 Å². The third kappa shape index (κ3) is 5.70. The fourth-order valence-electron chi connectivity index (χ4n) is 4.09. The molecule has 2 aromatic carbocycles. The Hall–Kier alpha value is -2.73. The Morgan fingerprint density at radius 1 is 1.13 bits per heavy atom. The number of carbonyl (C=O) groups is 1. The number of aryl methyl sites for hydroxylation is 1. The minimum atomic E-state index is -0.286. The molecule has 0 aromatic heterocycles. The Balaban J connectivity index is 1.90. The summed E-state index contributed by atoms with van der Waals surface area (Å²) in [5.41, 5.74) is 4.70. The van der Waals surface area contributed by atoms with Gasteiger partial charge in [-0.05, 0) is 68.5 Å². The van der Waals surface area contributed by atoms with Gasteiger partial charge in [-0.25, -0.2) is 4.79 Å². The Labute approximate surface area is 185 Å². The van der Waals surface area contributed by atoms with Crippen LogP contribution in [0.4, 0.5) is 4.79 Å². The van der Waals surface area contributed by atoms with E-state index in [0.717, 1.165) is 25.3 Å². The first kappa shape index (κ1) is 22.9. The molecule has 0 aliphatic carbocycles. The summed E-state index contributed by atoms with van der Waals surface area (Å²) >= 11 is 0. The molecule has 2 amide bonds. The van der Waals surface area contributed by atoms with Crippen molar-refractivity contribution in [3.63, 3.8) is 0 Å². The van der Waals surface area contributed by atoms with E-state index in [9.17, 15) is 4.79 Å². The summed E-state index contributed by atoms with van der Waals surface area (Å²) in [6.07, 6.45) is 0.923. The third-order valence-corrected chi connectivity index (χ3v) is 5.69. The number of hydrogen-bond donors (Lipinski definition) is 2. The van der Waals surface area contributed by atoms with Crippen LogP contribution in [0.25, 0.3) is 0 Å². The van der Waals surface area contributed by atoms with E-state index in [1.165, 1.54) is 22.3 Å². The van der Waals surface area contributed by atoms with Gasteiger partial charge in [0.05, 0.1) is 20.3 Å². The molecule has 3 rings (SSSR count). The lowest BCUT2D eigenvalue weighted by atomic mass is 9.91. The Morgan fingerprint density at radius 2 is 1.81 bits per heavy atom. The zero-order valence-electron chi connectivity index (χ0n) is 19.5. The molecular formula is C25H35N3O3. The van der Waals surface area contributed by atoms with Crippen LogP contribution in [0.2, 0.25) is 0 Å².